The minimum atomic E-state index is -1.26. The Morgan fingerprint density at radius 2 is 1.17 bits per heavy atom. The number of rotatable bonds is 12. The first-order valence-corrected chi connectivity index (χ1v) is 13.9. The Balaban J connectivity index is 0.000000381. The van der Waals surface area contributed by atoms with Crippen molar-refractivity contribution >= 4 is 46.6 Å². The van der Waals surface area contributed by atoms with E-state index in [1.807, 2.05) is 48.5 Å². The maximum absolute atomic E-state index is 12.6. The average Bonchev–Trinajstić information content (AvgIpc) is 3.36. The molecular formula is C31H35N5O10. The molecule has 0 saturated carbocycles. The summed E-state index contributed by atoms with van der Waals surface area (Å²) in [5.74, 6) is -4.20. The molecule has 46 heavy (non-hydrogen) atoms. The van der Waals surface area contributed by atoms with Crippen molar-refractivity contribution in [3.63, 3.8) is 0 Å². The van der Waals surface area contributed by atoms with Gasteiger partial charge in [0.05, 0.1) is 24.1 Å². The van der Waals surface area contributed by atoms with E-state index in [1.165, 1.54) is 0 Å². The molecule has 1 fully saturated rings. The summed E-state index contributed by atoms with van der Waals surface area (Å²) < 4.78 is 2.17. The highest BCUT2D eigenvalue weighted by molar-refractivity contribution is 5.96. The topological polar surface area (TPSA) is 234 Å². The first-order chi connectivity index (χ1) is 21.8. The van der Waals surface area contributed by atoms with Crippen molar-refractivity contribution < 1.29 is 49.2 Å². The number of nitrogens with two attached hydrogens (primary N) is 1. The van der Waals surface area contributed by atoms with Gasteiger partial charge in [-0.2, -0.15) is 0 Å². The lowest BCUT2D eigenvalue weighted by Crippen LogP contribution is -2.48. The van der Waals surface area contributed by atoms with E-state index in [4.69, 9.17) is 31.1 Å². The smallest absolute Gasteiger partial charge is 0.328 e. The molecule has 1 aliphatic heterocycles. The van der Waals surface area contributed by atoms with Crippen LogP contribution in [0, 0.1) is 0 Å². The third kappa shape index (κ3) is 13.7. The second-order valence-electron chi connectivity index (χ2n) is 9.75. The number of para-hydroxylation sites is 2. The van der Waals surface area contributed by atoms with Crippen LogP contribution in [0.4, 0.5) is 0 Å². The quantitative estimate of drug-likeness (QED) is 0.139. The van der Waals surface area contributed by atoms with E-state index in [0.29, 0.717) is 43.8 Å². The highest BCUT2D eigenvalue weighted by Crippen LogP contribution is 2.19. The summed E-state index contributed by atoms with van der Waals surface area (Å²) in [5.41, 5.74) is 8.06. The number of primary amides is 1. The molecule has 1 amide bonds. The van der Waals surface area contributed by atoms with Gasteiger partial charge >= 0.3 is 23.9 Å². The number of hydrogen-bond acceptors (Lipinski definition) is 9. The number of carbonyl (C=O) groups is 6. The summed E-state index contributed by atoms with van der Waals surface area (Å²) in [6.07, 6.45) is 2.67. The number of amides is 1. The molecule has 0 radical (unpaired) electrons. The van der Waals surface area contributed by atoms with E-state index in [0.717, 1.165) is 55.1 Å². The van der Waals surface area contributed by atoms with Crippen molar-refractivity contribution in [2.75, 3.05) is 32.7 Å². The van der Waals surface area contributed by atoms with Gasteiger partial charge < -0.3 is 30.7 Å². The van der Waals surface area contributed by atoms with Crippen molar-refractivity contribution in [2.24, 2.45) is 5.73 Å². The summed E-state index contributed by atoms with van der Waals surface area (Å²) in [5, 5.41) is 31.2. The maximum atomic E-state index is 12.6. The normalized spacial score (nSPS) is 13.4. The van der Waals surface area contributed by atoms with Crippen LogP contribution in [0.15, 0.2) is 78.9 Å². The highest BCUT2D eigenvalue weighted by atomic mass is 16.4. The second kappa shape index (κ2) is 18.9. The molecule has 3 aromatic rings. The number of benzene rings is 2. The average molecular weight is 638 g/mol. The van der Waals surface area contributed by atoms with E-state index in [9.17, 15) is 28.8 Å². The minimum absolute atomic E-state index is 0.138. The summed E-state index contributed by atoms with van der Waals surface area (Å²) >= 11 is 0. The lowest BCUT2D eigenvalue weighted by Gasteiger charge is -2.33. The van der Waals surface area contributed by atoms with Gasteiger partial charge in [0.2, 0.25) is 5.91 Å². The first kappa shape index (κ1) is 36.5. The molecule has 0 bridgehead atoms. The SMILES string of the molecule is NC(=O)CN1CCN(Cc2nc3ccccc3n2CCC(=O)c2ccccc2)CC1.O=C(O)/C=C/C(=O)O.O=C(O)/C=C/C(=O)O. The van der Waals surface area contributed by atoms with Crippen LogP contribution in [0.2, 0.25) is 0 Å². The number of aryl methyl sites for hydroxylation is 1. The molecule has 4 rings (SSSR count). The Morgan fingerprint density at radius 3 is 1.67 bits per heavy atom. The predicted octanol–water partition coefficient (Wildman–Crippen LogP) is 1.34. The summed E-state index contributed by atoms with van der Waals surface area (Å²) in [6, 6.07) is 17.5. The van der Waals surface area contributed by atoms with Gasteiger partial charge in [-0.3, -0.25) is 19.4 Å². The van der Waals surface area contributed by atoms with Crippen LogP contribution in [0.1, 0.15) is 22.6 Å². The van der Waals surface area contributed by atoms with Crippen molar-refractivity contribution in [3.05, 3.63) is 90.3 Å². The Kier molecular flexibility index (Phi) is 15.0. The zero-order valence-electron chi connectivity index (χ0n) is 24.8. The van der Waals surface area contributed by atoms with E-state index < -0.39 is 23.9 Å². The number of nitrogens with zero attached hydrogens (tertiary/aromatic N) is 4. The summed E-state index contributed by atoms with van der Waals surface area (Å²) in [4.78, 5) is 71.2. The molecule has 15 nitrogen and oxygen atoms in total. The lowest BCUT2D eigenvalue weighted by molar-refractivity contribution is -0.134. The van der Waals surface area contributed by atoms with Crippen molar-refractivity contribution in [3.8, 4) is 0 Å². The van der Waals surface area contributed by atoms with Crippen LogP contribution in [-0.2, 0) is 37.1 Å². The van der Waals surface area contributed by atoms with Gasteiger partial charge in [-0.25, -0.2) is 24.2 Å². The van der Waals surface area contributed by atoms with E-state index >= 15 is 0 Å². The van der Waals surface area contributed by atoms with Crippen LogP contribution in [-0.4, -0.2) is 108 Å². The second-order valence-corrected chi connectivity index (χ2v) is 9.75. The van der Waals surface area contributed by atoms with Crippen LogP contribution in [0.5, 0.6) is 0 Å². The molecular weight excluding hydrogens is 602 g/mol. The number of carboxylic acid groups (broad SMARTS) is 4. The van der Waals surface area contributed by atoms with Gasteiger partial charge in [-0.15, -0.1) is 0 Å². The fraction of sp³-hybridized carbons (Fsp3) is 0.258. The number of piperazine rings is 1. The third-order valence-electron chi connectivity index (χ3n) is 6.34. The number of imidazole rings is 1. The Bertz CT molecular complexity index is 1510. The number of carboxylic acids is 4. The standard InChI is InChI=1S/C23H27N5O2.2C4H4O4/c24-22(30)16-26-12-14-27(15-13-26)17-23-25-19-8-4-5-9-20(19)28(23)11-10-21(29)18-6-2-1-3-7-18;2*5-3(6)1-2-4(7)8/h1-9H,10-17H2,(H2,24,30);2*1-2H,(H,5,6)(H,7,8)/b;2*2-1+. The van der Waals surface area contributed by atoms with Gasteiger partial charge in [0.15, 0.2) is 5.78 Å². The van der Waals surface area contributed by atoms with Crippen LogP contribution >= 0.6 is 0 Å². The van der Waals surface area contributed by atoms with Gasteiger partial charge in [0, 0.05) is 69.0 Å². The molecule has 15 heteroatoms. The van der Waals surface area contributed by atoms with E-state index in [-0.39, 0.29) is 11.7 Å². The lowest BCUT2D eigenvalue weighted by atomic mass is 10.1. The minimum Gasteiger partial charge on any atom is -0.478 e. The number of Topliss-reactive ketones (excluding diaryl/α,β-unsaturated/α-hetero) is 1. The third-order valence-corrected chi connectivity index (χ3v) is 6.34. The molecule has 1 saturated heterocycles. The van der Waals surface area contributed by atoms with Gasteiger partial charge in [0.25, 0.3) is 0 Å². The molecule has 2 heterocycles. The molecule has 2 aromatic carbocycles. The van der Waals surface area contributed by atoms with Crippen LogP contribution in [0.25, 0.3) is 11.0 Å². The Labute approximate surface area is 263 Å². The number of fused-ring (bicyclic) bond motifs is 1. The summed E-state index contributed by atoms with van der Waals surface area (Å²) in [6.45, 7) is 4.99. The number of carbonyl (C=O) groups excluding carboxylic acids is 2. The summed E-state index contributed by atoms with van der Waals surface area (Å²) in [7, 11) is 0. The number of hydrogen-bond donors (Lipinski definition) is 5. The largest absolute Gasteiger partial charge is 0.478 e. The molecule has 0 aliphatic carbocycles. The zero-order valence-corrected chi connectivity index (χ0v) is 24.8. The van der Waals surface area contributed by atoms with Gasteiger partial charge in [-0.05, 0) is 12.1 Å². The van der Waals surface area contributed by atoms with Crippen molar-refractivity contribution in [1.29, 1.82) is 0 Å². The molecule has 0 spiro atoms. The molecule has 0 unspecified atom stereocenters. The predicted molar refractivity (Wildman–Crippen MR) is 165 cm³/mol. The molecule has 0 atom stereocenters. The number of aromatic nitrogens is 2. The fourth-order valence-corrected chi connectivity index (χ4v) is 4.29. The Morgan fingerprint density at radius 1 is 0.696 bits per heavy atom. The van der Waals surface area contributed by atoms with E-state index in [2.05, 4.69) is 20.4 Å². The Hall–Kier alpha value is -5.67. The molecule has 244 valence electrons. The van der Waals surface area contributed by atoms with Crippen LogP contribution in [0.3, 0.4) is 0 Å². The molecule has 6 N–H and O–H groups in total. The molecule has 1 aliphatic rings. The highest BCUT2D eigenvalue weighted by Gasteiger charge is 2.21. The van der Waals surface area contributed by atoms with Gasteiger partial charge in [-0.1, -0.05) is 42.5 Å². The van der Waals surface area contributed by atoms with Gasteiger partial charge in [0.1, 0.15) is 5.82 Å². The monoisotopic (exact) mass is 637 g/mol. The first-order valence-electron chi connectivity index (χ1n) is 13.9. The van der Waals surface area contributed by atoms with Crippen molar-refractivity contribution in [2.45, 2.75) is 19.5 Å². The van der Waals surface area contributed by atoms with Crippen LogP contribution < -0.4 is 5.73 Å². The maximum Gasteiger partial charge on any atom is 0.328 e. The zero-order chi connectivity index (χ0) is 34.1. The number of ketones is 1. The number of aliphatic carboxylic acids is 4. The molecule has 1 aromatic heterocycles. The van der Waals surface area contributed by atoms with E-state index in [1.54, 1.807) is 0 Å². The fourth-order valence-electron chi connectivity index (χ4n) is 4.29. The van der Waals surface area contributed by atoms with Crippen molar-refractivity contribution in [1.82, 2.24) is 19.4 Å².